The van der Waals surface area contributed by atoms with E-state index >= 15 is 0 Å². The molecule has 0 fully saturated rings. The summed E-state index contributed by atoms with van der Waals surface area (Å²) < 4.78 is 6.61. The van der Waals surface area contributed by atoms with Gasteiger partial charge in [0.15, 0.2) is 0 Å². The quantitative estimate of drug-likeness (QED) is 0.593. The molecule has 0 amide bonds. The molecule has 0 atom stereocenters. The second-order valence-electron chi connectivity index (χ2n) is 2.57. The van der Waals surface area contributed by atoms with Crippen LogP contribution in [0, 0.1) is 0 Å². The number of imidazole rings is 2. The monoisotopic (exact) mass is 206 g/mol. The Morgan fingerprint density at radius 2 is 1.40 bits per heavy atom. The van der Waals surface area contributed by atoms with E-state index in [4.69, 9.17) is 0 Å². The lowest BCUT2D eigenvalue weighted by atomic mass is 10.8. The number of nitrogens with zero attached hydrogens (tertiary/aromatic N) is 4. The number of carbonyl (C=O) groups excluding carboxylic acids is 2. The SMILES string of the molecule is O=C(OC(=O)n1ccnc1)n1ccnc1. The Kier molecular flexibility index (Phi) is 2.28. The second-order valence-corrected chi connectivity index (χ2v) is 2.57. The maximum Gasteiger partial charge on any atom is 0.428 e. The van der Waals surface area contributed by atoms with Gasteiger partial charge in [-0.25, -0.2) is 28.7 Å². The average Bonchev–Trinajstić information content (AvgIpc) is 2.91. The van der Waals surface area contributed by atoms with Crippen molar-refractivity contribution in [2.24, 2.45) is 0 Å². The molecular weight excluding hydrogens is 200 g/mol. The zero-order chi connectivity index (χ0) is 10.7. The molecule has 2 aromatic rings. The van der Waals surface area contributed by atoms with Gasteiger partial charge < -0.3 is 4.74 Å². The molecule has 0 saturated carbocycles. The molecule has 2 aromatic heterocycles. The number of carbonyl (C=O) groups is 2. The minimum absolute atomic E-state index is 0.814. The molecule has 2 rings (SSSR count). The number of aromatic nitrogens is 4. The summed E-state index contributed by atoms with van der Waals surface area (Å²) in [5.74, 6) is 0. The third kappa shape index (κ3) is 1.90. The molecule has 0 aliphatic rings. The molecule has 0 bridgehead atoms. The van der Waals surface area contributed by atoms with Crippen LogP contribution in [-0.4, -0.2) is 31.3 Å². The fraction of sp³-hybridized carbons (Fsp3) is 0. The van der Waals surface area contributed by atoms with Gasteiger partial charge in [0, 0.05) is 24.8 Å². The first-order chi connectivity index (χ1) is 7.27. The van der Waals surface area contributed by atoms with Gasteiger partial charge in [0.2, 0.25) is 0 Å². The second kappa shape index (κ2) is 3.74. The van der Waals surface area contributed by atoms with Crippen LogP contribution in [0.2, 0.25) is 0 Å². The molecule has 0 aromatic carbocycles. The lowest BCUT2D eigenvalue weighted by Gasteiger charge is -2.01. The molecule has 0 N–H and O–H groups in total. The van der Waals surface area contributed by atoms with Crippen molar-refractivity contribution >= 4 is 12.2 Å². The van der Waals surface area contributed by atoms with Crippen LogP contribution in [0.5, 0.6) is 0 Å². The van der Waals surface area contributed by atoms with Crippen LogP contribution < -0.4 is 0 Å². The largest absolute Gasteiger partial charge is 0.428 e. The zero-order valence-electron chi connectivity index (χ0n) is 7.48. The average molecular weight is 206 g/mol. The molecular formula is C8H6N4O3. The van der Waals surface area contributed by atoms with E-state index in [1.165, 1.54) is 37.4 Å². The van der Waals surface area contributed by atoms with Crippen molar-refractivity contribution in [3.63, 3.8) is 0 Å². The maximum atomic E-state index is 11.3. The summed E-state index contributed by atoms with van der Waals surface area (Å²) in [7, 11) is 0. The number of rotatable bonds is 0. The van der Waals surface area contributed by atoms with E-state index < -0.39 is 12.2 Å². The highest BCUT2D eigenvalue weighted by Gasteiger charge is 2.12. The Morgan fingerprint density at radius 1 is 0.933 bits per heavy atom. The lowest BCUT2D eigenvalue weighted by Crippen LogP contribution is -2.20. The standard InChI is InChI=1S/C8H6N4O3/c13-7(11-3-1-9-5-11)15-8(14)12-4-2-10-6-12/h1-6H. The van der Waals surface area contributed by atoms with Gasteiger partial charge in [-0.3, -0.25) is 0 Å². The topological polar surface area (TPSA) is 79.0 Å². The van der Waals surface area contributed by atoms with Gasteiger partial charge in [0.1, 0.15) is 12.7 Å². The Bertz CT molecular complexity index is 416. The predicted molar refractivity (Wildman–Crippen MR) is 47.1 cm³/mol. The van der Waals surface area contributed by atoms with Crippen molar-refractivity contribution in [3.8, 4) is 0 Å². The summed E-state index contributed by atoms with van der Waals surface area (Å²) in [5.41, 5.74) is 0. The summed E-state index contributed by atoms with van der Waals surface area (Å²) in [6.07, 6.45) is 6.42. The van der Waals surface area contributed by atoms with Crippen molar-refractivity contribution in [2.45, 2.75) is 0 Å². The summed E-state index contributed by atoms with van der Waals surface area (Å²) in [4.78, 5) is 29.8. The minimum Gasteiger partial charge on any atom is -0.358 e. The van der Waals surface area contributed by atoms with E-state index in [0.717, 1.165) is 9.13 Å². The van der Waals surface area contributed by atoms with Crippen molar-refractivity contribution in [1.82, 2.24) is 19.1 Å². The molecule has 2 heterocycles. The molecule has 0 aliphatic heterocycles. The summed E-state index contributed by atoms with van der Waals surface area (Å²) in [6, 6.07) is 0. The third-order valence-electron chi connectivity index (χ3n) is 1.61. The van der Waals surface area contributed by atoms with E-state index in [1.807, 2.05) is 0 Å². The highest BCUT2D eigenvalue weighted by molar-refractivity contribution is 5.85. The van der Waals surface area contributed by atoms with E-state index in [1.54, 1.807) is 0 Å². The minimum atomic E-state index is -0.814. The molecule has 15 heavy (non-hydrogen) atoms. The van der Waals surface area contributed by atoms with Gasteiger partial charge in [0.25, 0.3) is 0 Å². The summed E-state index contributed by atoms with van der Waals surface area (Å²) in [5, 5.41) is 0. The molecule has 0 saturated heterocycles. The molecule has 0 unspecified atom stereocenters. The van der Waals surface area contributed by atoms with Crippen molar-refractivity contribution in [1.29, 1.82) is 0 Å². The Balaban J connectivity index is 2.04. The smallest absolute Gasteiger partial charge is 0.358 e. The molecule has 76 valence electrons. The fourth-order valence-corrected chi connectivity index (χ4v) is 0.914. The number of hydrogen-bond donors (Lipinski definition) is 0. The van der Waals surface area contributed by atoms with Crippen molar-refractivity contribution < 1.29 is 14.3 Å². The van der Waals surface area contributed by atoms with Crippen LogP contribution in [0.25, 0.3) is 0 Å². The first kappa shape index (κ1) is 9.13. The first-order valence-electron chi connectivity index (χ1n) is 4.00. The fourth-order valence-electron chi connectivity index (χ4n) is 0.914. The van der Waals surface area contributed by atoms with Gasteiger partial charge in [-0.1, -0.05) is 0 Å². The van der Waals surface area contributed by atoms with E-state index in [0.29, 0.717) is 0 Å². The van der Waals surface area contributed by atoms with Crippen LogP contribution in [0.15, 0.2) is 37.4 Å². The third-order valence-corrected chi connectivity index (χ3v) is 1.61. The van der Waals surface area contributed by atoms with Crippen molar-refractivity contribution in [3.05, 3.63) is 37.4 Å². The zero-order valence-corrected chi connectivity index (χ0v) is 7.48. The van der Waals surface area contributed by atoms with E-state index in [9.17, 15) is 9.59 Å². The van der Waals surface area contributed by atoms with Crippen LogP contribution in [0.1, 0.15) is 0 Å². The highest BCUT2D eigenvalue weighted by Crippen LogP contribution is 1.94. The normalized spacial score (nSPS) is 9.87. The first-order valence-corrected chi connectivity index (χ1v) is 4.00. The molecule has 0 aliphatic carbocycles. The number of hydrogen-bond acceptors (Lipinski definition) is 5. The van der Waals surface area contributed by atoms with Crippen LogP contribution >= 0.6 is 0 Å². The predicted octanol–water partition coefficient (Wildman–Crippen LogP) is 0.733. The number of ether oxygens (including phenoxy) is 1. The van der Waals surface area contributed by atoms with Gasteiger partial charge in [-0.05, 0) is 0 Å². The Labute approximate surface area is 83.9 Å². The lowest BCUT2D eigenvalue weighted by molar-refractivity contribution is 0.152. The van der Waals surface area contributed by atoms with Gasteiger partial charge in [-0.15, -0.1) is 0 Å². The summed E-state index contributed by atoms with van der Waals surface area (Å²) >= 11 is 0. The molecule has 7 heteroatoms. The summed E-state index contributed by atoms with van der Waals surface area (Å²) in [6.45, 7) is 0. The van der Waals surface area contributed by atoms with Crippen LogP contribution in [0.4, 0.5) is 9.59 Å². The maximum absolute atomic E-state index is 11.3. The Hall–Kier alpha value is -2.44. The molecule has 7 nitrogen and oxygen atoms in total. The molecule has 0 radical (unpaired) electrons. The van der Waals surface area contributed by atoms with E-state index in [2.05, 4.69) is 14.7 Å². The van der Waals surface area contributed by atoms with Crippen LogP contribution in [-0.2, 0) is 4.74 Å². The highest BCUT2D eigenvalue weighted by atomic mass is 16.6. The van der Waals surface area contributed by atoms with Crippen LogP contribution in [0.3, 0.4) is 0 Å². The van der Waals surface area contributed by atoms with E-state index in [-0.39, 0.29) is 0 Å². The van der Waals surface area contributed by atoms with Gasteiger partial charge >= 0.3 is 12.2 Å². The molecule has 0 spiro atoms. The van der Waals surface area contributed by atoms with Gasteiger partial charge in [-0.2, -0.15) is 0 Å². The van der Waals surface area contributed by atoms with Crippen molar-refractivity contribution in [2.75, 3.05) is 0 Å². The van der Waals surface area contributed by atoms with Gasteiger partial charge in [0.05, 0.1) is 0 Å². The Morgan fingerprint density at radius 3 is 1.73 bits per heavy atom.